The average molecular weight is 511 g/mol. The van der Waals surface area contributed by atoms with Gasteiger partial charge < -0.3 is 15.8 Å². The molecule has 4 aromatic rings. The van der Waals surface area contributed by atoms with Crippen LogP contribution in [0.1, 0.15) is 54.6 Å². The number of carbonyl (C=O) groups excluding carboxylic acids is 2. The van der Waals surface area contributed by atoms with Gasteiger partial charge in [0.15, 0.2) is 0 Å². The molecule has 1 atom stereocenters. The van der Waals surface area contributed by atoms with Crippen LogP contribution < -0.4 is 15.8 Å². The molecule has 0 spiro atoms. The maximum Gasteiger partial charge on any atom is 0.262 e. The molecule has 182 valence electrons. The molecule has 0 aliphatic rings. The molecule has 2 amide bonds. The minimum Gasteiger partial charge on any atom is -0.484 e. The van der Waals surface area contributed by atoms with Crippen LogP contribution in [0.25, 0.3) is 16.2 Å². The Morgan fingerprint density at radius 3 is 2.69 bits per heavy atom. The number of nitrogens with one attached hydrogen (secondary N) is 1. The number of thiophene rings is 1. The lowest BCUT2D eigenvalue weighted by Crippen LogP contribution is -2.41. The minimum atomic E-state index is -0.566. The van der Waals surface area contributed by atoms with Gasteiger partial charge in [0.25, 0.3) is 5.91 Å². The van der Waals surface area contributed by atoms with E-state index in [0.717, 1.165) is 27.3 Å². The van der Waals surface area contributed by atoms with Crippen molar-refractivity contribution >= 4 is 40.4 Å². The Morgan fingerprint density at radius 2 is 2.00 bits per heavy atom. The number of benzene rings is 1. The molecule has 0 aliphatic heterocycles. The van der Waals surface area contributed by atoms with Crippen molar-refractivity contribution in [2.24, 2.45) is 5.73 Å². The van der Waals surface area contributed by atoms with Crippen molar-refractivity contribution < 1.29 is 14.3 Å². The Labute approximate surface area is 212 Å². The summed E-state index contributed by atoms with van der Waals surface area (Å²) in [5.74, 6) is -0.251. The summed E-state index contributed by atoms with van der Waals surface area (Å²) in [5, 5.41) is 3.43. The van der Waals surface area contributed by atoms with Gasteiger partial charge in [-0.25, -0.2) is 4.98 Å². The normalized spacial score (nSPS) is 12.5. The third-order valence-corrected chi connectivity index (χ3v) is 6.76. The fourth-order valence-electron chi connectivity index (χ4n) is 3.79. The summed E-state index contributed by atoms with van der Waals surface area (Å²) in [6, 6.07) is 13.0. The molecular formula is C26H27ClN4O3S. The number of pyridine rings is 1. The molecule has 3 heterocycles. The number of aromatic nitrogens is 2. The van der Waals surface area contributed by atoms with Crippen LogP contribution in [0.3, 0.4) is 0 Å². The summed E-state index contributed by atoms with van der Waals surface area (Å²) in [5.41, 5.74) is 8.53. The number of ether oxygens (including phenoxy) is 1. The van der Waals surface area contributed by atoms with Gasteiger partial charge in [-0.05, 0) is 51.5 Å². The van der Waals surface area contributed by atoms with Crippen LogP contribution in [0, 0.1) is 0 Å². The molecule has 0 saturated carbocycles. The zero-order valence-electron chi connectivity index (χ0n) is 20.0. The zero-order valence-corrected chi connectivity index (χ0v) is 21.5. The van der Waals surface area contributed by atoms with Gasteiger partial charge in [-0.2, -0.15) is 0 Å². The predicted molar refractivity (Wildman–Crippen MR) is 139 cm³/mol. The van der Waals surface area contributed by atoms with Crippen LogP contribution in [0.2, 0.25) is 5.02 Å². The van der Waals surface area contributed by atoms with Crippen molar-refractivity contribution in [2.45, 2.75) is 45.8 Å². The number of hydrogen-bond acceptors (Lipinski definition) is 5. The molecule has 9 heteroatoms. The van der Waals surface area contributed by atoms with Gasteiger partial charge in [0.05, 0.1) is 23.2 Å². The highest BCUT2D eigenvalue weighted by Gasteiger charge is 2.22. The first-order chi connectivity index (χ1) is 16.5. The molecule has 35 heavy (non-hydrogen) atoms. The number of primary amides is 1. The maximum absolute atomic E-state index is 12.3. The van der Waals surface area contributed by atoms with Crippen LogP contribution in [0.15, 0.2) is 54.9 Å². The summed E-state index contributed by atoms with van der Waals surface area (Å²) in [6.07, 6.45) is 3.44. The quantitative estimate of drug-likeness (QED) is 0.347. The Bertz CT molecular complexity index is 1400. The second kappa shape index (κ2) is 9.71. The third kappa shape index (κ3) is 5.66. The molecule has 0 fully saturated rings. The van der Waals surface area contributed by atoms with Gasteiger partial charge in [0.1, 0.15) is 22.4 Å². The number of hydrogen-bond donors (Lipinski definition) is 2. The van der Waals surface area contributed by atoms with Crippen molar-refractivity contribution in [3.8, 4) is 16.3 Å². The largest absolute Gasteiger partial charge is 0.484 e. The van der Waals surface area contributed by atoms with Crippen LogP contribution in [-0.2, 0) is 11.2 Å². The Balaban J connectivity index is 1.56. The highest BCUT2D eigenvalue weighted by atomic mass is 35.5. The molecule has 1 aromatic carbocycles. The van der Waals surface area contributed by atoms with Crippen molar-refractivity contribution in [1.29, 1.82) is 0 Å². The highest BCUT2D eigenvalue weighted by molar-refractivity contribution is 7.17. The molecule has 3 aromatic heterocycles. The van der Waals surface area contributed by atoms with Crippen LogP contribution in [0.5, 0.6) is 5.75 Å². The highest BCUT2D eigenvalue weighted by Crippen LogP contribution is 2.39. The first-order valence-corrected chi connectivity index (χ1v) is 12.3. The average Bonchev–Trinajstić information content (AvgIpc) is 3.36. The fourth-order valence-corrected chi connectivity index (χ4v) is 5.09. The first kappa shape index (κ1) is 24.8. The van der Waals surface area contributed by atoms with E-state index in [1.807, 2.05) is 68.6 Å². The SMILES string of the molecule is C[C@@H](Oc1cc(-c2cnc3ccccn23)sc1C(N)=O)c1ccc(CC(=O)NC(C)(C)C)cc1Cl. The standard InChI is InChI=1S/C26H27ClN4O3S/c1-15(17-9-8-16(11-18(17)27)12-23(32)30-26(2,3)4)34-20-13-21(35-24(20)25(28)33)19-14-29-22-7-5-6-10-31(19)22/h5-11,13-15H,12H2,1-4H3,(H2,28,33)(H,30,32)/t15-/m1/s1. The van der Waals surface area contributed by atoms with E-state index in [9.17, 15) is 9.59 Å². The van der Waals surface area contributed by atoms with E-state index in [1.165, 1.54) is 11.3 Å². The van der Waals surface area contributed by atoms with Crippen molar-refractivity contribution in [3.05, 3.63) is 75.9 Å². The molecule has 0 saturated heterocycles. The molecule has 7 nitrogen and oxygen atoms in total. The van der Waals surface area contributed by atoms with Gasteiger partial charge in [-0.3, -0.25) is 14.0 Å². The minimum absolute atomic E-state index is 0.0742. The number of nitrogens with two attached hydrogens (primary N) is 1. The summed E-state index contributed by atoms with van der Waals surface area (Å²) < 4.78 is 8.11. The zero-order chi connectivity index (χ0) is 25.3. The number of carbonyl (C=O) groups is 2. The van der Waals surface area contributed by atoms with E-state index in [4.69, 9.17) is 22.1 Å². The topological polar surface area (TPSA) is 98.7 Å². The number of amides is 2. The molecule has 3 N–H and O–H groups in total. The van der Waals surface area contributed by atoms with Gasteiger partial charge in [0, 0.05) is 28.4 Å². The summed E-state index contributed by atoms with van der Waals surface area (Å²) in [6.45, 7) is 7.66. The molecule has 0 radical (unpaired) electrons. The summed E-state index contributed by atoms with van der Waals surface area (Å²) in [4.78, 5) is 30.0. The number of halogens is 1. The van der Waals surface area contributed by atoms with Gasteiger partial charge in [0.2, 0.25) is 5.91 Å². The van der Waals surface area contributed by atoms with Gasteiger partial charge in [-0.1, -0.05) is 29.8 Å². The Kier molecular flexibility index (Phi) is 6.87. The van der Waals surface area contributed by atoms with Crippen LogP contribution >= 0.6 is 22.9 Å². The van der Waals surface area contributed by atoms with E-state index in [-0.39, 0.29) is 17.9 Å². The first-order valence-electron chi connectivity index (χ1n) is 11.1. The lowest BCUT2D eigenvalue weighted by Gasteiger charge is -2.21. The van der Waals surface area contributed by atoms with E-state index in [2.05, 4.69) is 10.3 Å². The van der Waals surface area contributed by atoms with E-state index >= 15 is 0 Å². The summed E-state index contributed by atoms with van der Waals surface area (Å²) in [7, 11) is 0. The third-order valence-electron chi connectivity index (χ3n) is 5.28. The van der Waals surface area contributed by atoms with Gasteiger partial charge in [-0.15, -0.1) is 11.3 Å². The predicted octanol–water partition coefficient (Wildman–Crippen LogP) is 5.41. The number of imidazole rings is 1. The van der Waals surface area contributed by atoms with E-state index in [1.54, 1.807) is 18.3 Å². The molecule has 4 rings (SSSR count). The molecule has 0 aliphatic carbocycles. The smallest absolute Gasteiger partial charge is 0.262 e. The monoisotopic (exact) mass is 510 g/mol. The molecular weight excluding hydrogens is 484 g/mol. The van der Waals surface area contributed by atoms with Crippen LogP contribution in [0.4, 0.5) is 0 Å². The van der Waals surface area contributed by atoms with E-state index in [0.29, 0.717) is 15.6 Å². The fraction of sp³-hybridized carbons (Fsp3) is 0.269. The maximum atomic E-state index is 12.3. The van der Waals surface area contributed by atoms with Crippen LogP contribution in [-0.4, -0.2) is 26.7 Å². The van der Waals surface area contributed by atoms with Gasteiger partial charge >= 0.3 is 0 Å². The number of nitrogens with zero attached hydrogens (tertiary/aromatic N) is 2. The number of fused-ring (bicyclic) bond motifs is 1. The Hall–Kier alpha value is -3.36. The second-order valence-electron chi connectivity index (χ2n) is 9.33. The summed E-state index contributed by atoms with van der Waals surface area (Å²) >= 11 is 7.81. The van der Waals surface area contributed by atoms with Crippen molar-refractivity contribution in [2.75, 3.05) is 0 Å². The lowest BCUT2D eigenvalue weighted by atomic mass is 10.0. The van der Waals surface area contributed by atoms with E-state index < -0.39 is 12.0 Å². The molecule has 0 unspecified atom stereocenters. The molecule has 0 bridgehead atoms. The Morgan fingerprint density at radius 1 is 1.23 bits per heavy atom. The van der Waals surface area contributed by atoms with Crippen molar-refractivity contribution in [1.82, 2.24) is 14.7 Å². The van der Waals surface area contributed by atoms with Crippen molar-refractivity contribution in [3.63, 3.8) is 0 Å². The second-order valence-corrected chi connectivity index (χ2v) is 10.8. The lowest BCUT2D eigenvalue weighted by molar-refractivity contribution is -0.121. The number of rotatable bonds is 7.